The van der Waals surface area contributed by atoms with Crippen LogP contribution in [0.15, 0.2) is 60.7 Å². The number of alkyl halides is 2. The number of hydrogen-bond donors (Lipinski definition) is 0. The molecule has 44 heavy (non-hydrogen) atoms. The Hall–Kier alpha value is -2.47. The van der Waals surface area contributed by atoms with Gasteiger partial charge in [0.2, 0.25) is 0 Å². The van der Waals surface area contributed by atoms with Crippen molar-refractivity contribution < 1.29 is 28.7 Å². The largest absolute Gasteiger partial charge is 0.423 e. The Morgan fingerprint density at radius 3 is 1.77 bits per heavy atom. The first-order valence-electron chi connectivity index (χ1n) is 13.1. The number of hydrogen-bond acceptors (Lipinski definition) is 6. The van der Waals surface area contributed by atoms with Gasteiger partial charge in [-0.2, -0.15) is 5.01 Å². The summed E-state index contributed by atoms with van der Waals surface area (Å²) >= 11 is 31.4. The topological polar surface area (TPSA) is 101 Å². The summed E-state index contributed by atoms with van der Waals surface area (Å²) in [6.45, 7) is -0.649. The highest BCUT2D eigenvalue weighted by molar-refractivity contribution is 9.12. The van der Waals surface area contributed by atoms with Crippen LogP contribution in [0.1, 0.15) is 43.9 Å². The van der Waals surface area contributed by atoms with Gasteiger partial charge in [0.25, 0.3) is 17.7 Å². The summed E-state index contributed by atoms with van der Waals surface area (Å²) in [7, 11) is 0. The average Bonchev–Trinajstić information content (AvgIpc) is 3.20. The summed E-state index contributed by atoms with van der Waals surface area (Å²) < 4.78 is 5.36. The van der Waals surface area contributed by atoms with E-state index in [1.807, 2.05) is 0 Å². The first-order valence-corrected chi connectivity index (χ1v) is 16.4. The van der Waals surface area contributed by atoms with Crippen molar-refractivity contribution in [3.63, 3.8) is 0 Å². The van der Waals surface area contributed by atoms with Gasteiger partial charge >= 0.3 is 5.97 Å². The van der Waals surface area contributed by atoms with Crippen LogP contribution in [0, 0.1) is 11.8 Å². The fraction of sp³-hybridized carbons (Fsp3) is 0.233. The first-order chi connectivity index (χ1) is 20.8. The highest BCUT2D eigenvalue weighted by Crippen LogP contribution is 2.44. The fourth-order valence-corrected chi connectivity index (χ4v) is 7.32. The second-order valence-electron chi connectivity index (χ2n) is 10.2. The highest BCUT2D eigenvalue weighted by atomic mass is 79.9. The third-order valence-electron chi connectivity index (χ3n) is 7.36. The number of hydrazine groups is 1. The minimum atomic E-state index is -0.823. The lowest BCUT2D eigenvalue weighted by Gasteiger charge is -2.30. The van der Waals surface area contributed by atoms with Crippen molar-refractivity contribution in [3.05, 3.63) is 97.4 Å². The number of nitrogens with zero attached hydrogens (tertiary/aromatic N) is 2. The van der Waals surface area contributed by atoms with Gasteiger partial charge < -0.3 is 4.74 Å². The zero-order valence-corrected chi connectivity index (χ0v) is 28.5. The van der Waals surface area contributed by atoms with Crippen LogP contribution >= 0.6 is 78.3 Å². The number of imide groups is 1. The van der Waals surface area contributed by atoms with Crippen LogP contribution in [0.25, 0.3) is 0 Å². The minimum absolute atomic E-state index is 0.00976. The van der Waals surface area contributed by atoms with Gasteiger partial charge in [0.05, 0.1) is 33.0 Å². The molecule has 1 heterocycles. The molecule has 228 valence electrons. The number of halogens is 6. The molecule has 2 aliphatic rings. The Bertz CT molecular complexity index is 1660. The predicted octanol–water partition coefficient (Wildman–Crippen LogP) is 7.68. The molecule has 1 saturated carbocycles. The lowest BCUT2D eigenvalue weighted by molar-refractivity contribution is -0.154. The Labute approximate surface area is 288 Å². The van der Waals surface area contributed by atoms with Crippen LogP contribution in [0.2, 0.25) is 20.1 Å². The van der Waals surface area contributed by atoms with Crippen molar-refractivity contribution >= 4 is 108 Å². The maximum absolute atomic E-state index is 13.8. The first kappa shape index (κ1) is 32.9. The molecule has 1 aliphatic heterocycles. The monoisotopic (exact) mass is 802 g/mol. The van der Waals surface area contributed by atoms with Crippen LogP contribution in [-0.4, -0.2) is 55.7 Å². The molecule has 1 aliphatic carbocycles. The van der Waals surface area contributed by atoms with E-state index in [9.17, 15) is 24.0 Å². The fourth-order valence-electron chi connectivity index (χ4n) is 5.10. The van der Waals surface area contributed by atoms with E-state index >= 15 is 0 Å². The number of benzene rings is 3. The maximum Gasteiger partial charge on any atom is 0.345 e. The van der Waals surface area contributed by atoms with Crippen LogP contribution in [0.4, 0.5) is 0 Å². The third kappa shape index (κ3) is 6.71. The molecular formula is C30H20Br2Cl4N2O6. The van der Waals surface area contributed by atoms with Gasteiger partial charge in [0.15, 0.2) is 5.78 Å². The molecule has 3 amide bonds. The Balaban J connectivity index is 1.40. The molecule has 14 heteroatoms. The van der Waals surface area contributed by atoms with Crippen molar-refractivity contribution in [3.8, 4) is 5.75 Å². The number of rotatable bonds is 7. The molecule has 2 fully saturated rings. The van der Waals surface area contributed by atoms with Crippen LogP contribution in [0.3, 0.4) is 0 Å². The zero-order chi connectivity index (χ0) is 31.9. The quantitative estimate of drug-likeness (QED) is 0.0799. The molecule has 0 bridgehead atoms. The number of esters is 1. The average molecular weight is 806 g/mol. The lowest BCUT2D eigenvalue weighted by Crippen LogP contribution is -2.52. The van der Waals surface area contributed by atoms with Crippen molar-refractivity contribution in [1.29, 1.82) is 0 Å². The molecule has 3 aromatic carbocycles. The Morgan fingerprint density at radius 1 is 0.773 bits per heavy atom. The summed E-state index contributed by atoms with van der Waals surface area (Å²) in [6, 6.07) is 14.1. The van der Waals surface area contributed by atoms with Gasteiger partial charge in [0, 0.05) is 25.3 Å². The summed E-state index contributed by atoms with van der Waals surface area (Å²) in [5.74, 6) is -4.47. The normalized spacial score (nSPS) is 21.2. The second-order valence-corrected chi connectivity index (χ2v) is 14.2. The lowest BCUT2D eigenvalue weighted by atomic mass is 9.81. The van der Waals surface area contributed by atoms with E-state index in [0.29, 0.717) is 17.9 Å². The maximum atomic E-state index is 13.8. The zero-order valence-electron chi connectivity index (χ0n) is 22.3. The van der Waals surface area contributed by atoms with E-state index in [1.165, 1.54) is 60.7 Å². The van der Waals surface area contributed by atoms with Crippen molar-refractivity contribution in [1.82, 2.24) is 10.0 Å². The molecule has 0 N–H and O–H groups in total. The van der Waals surface area contributed by atoms with E-state index in [4.69, 9.17) is 51.1 Å². The van der Waals surface area contributed by atoms with Crippen LogP contribution < -0.4 is 4.74 Å². The third-order valence-corrected chi connectivity index (χ3v) is 11.2. The van der Waals surface area contributed by atoms with Crippen LogP contribution in [-0.2, 0) is 9.59 Å². The summed E-state index contributed by atoms with van der Waals surface area (Å²) in [5.41, 5.74) is 0.190. The van der Waals surface area contributed by atoms with Gasteiger partial charge in [0.1, 0.15) is 12.3 Å². The standard InChI is InChI=1S/C30H20Br2Cl4N2O6/c31-22-11-20-21(12-23(22)32)29(42)38(28(20)41)37(27(40)18-7-3-15(33)9-24(18)35)13-26(39)14-1-5-17(6-2-14)44-30(43)19-8-4-16(34)10-25(19)36/h1-10,20-23H,11-13H2/t20-,21+,22-,23-/m0/s1. The van der Waals surface area contributed by atoms with Gasteiger partial charge in [-0.1, -0.05) is 78.3 Å². The smallest absolute Gasteiger partial charge is 0.345 e. The van der Waals surface area contributed by atoms with Crippen LogP contribution in [0.5, 0.6) is 5.75 Å². The molecule has 0 spiro atoms. The van der Waals surface area contributed by atoms with Crippen molar-refractivity contribution in [2.24, 2.45) is 11.8 Å². The van der Waals surface area contributed by atoms with E-state index in [0.717, 1.165) is 10.0 Å². The number of carbonyl (C=O) groups is 5. The molecule has 0 unspecified atom stereocenters. The second kappa shape index (κ2) is 13.5. The molecule has 4 atom stereocenters. The van der Waals surface area contributed by atoms with Gasteiger partial charge in [-0.25, -0.2) is 9.80 Å². The number of Topliss-reactive ketones (excluding diaryl/α,β-unsaturated/α-hetero) is 1. The SMILES string of the molecule is O=C(CN(C(=O)c1ccc(Cl)cc1Cl)N1C(=O)[C@H]2C[C@H](Br)[C@@H](Br)C[C@H]2C1=O)c1ccc(OC(=O)c2ccc(Cl)cc2Cl)cc1. The Morgan fingerprint density at radius 2 is 1.27 bits per heavy atom. The molecular weight excluding hydrogens is 786 g/mol. The van der Waals surface area contributed by atoms with Gasteiger partial charge in [-0.05, 0) is 73.5 Å². The van der Waals surface area contributed by atoms with Gasteiger partial charge in [-0.15, -0.1) is 0 Å². The number of amides is 3. The van der Waals surface area contributed by atoms with E-state index in [-0.39, 0.29) is 47.2 Å². The molecule has 8 nitrogen and oxygen atoms in total. The predicted molar refractivity (Wildman–Crippen MR) is 173 cm³/mol. The van der Waals surface area contributed by atoms with E-state index in [1.54, 1.807) is 0 Å². The number of ether oxygens (including phenoxy) is 1. The number of ketones is 1. The molecule has 0 aromatic heterocycles. The van der Waals surface area contributed by atoms with E-state index < -0.39 is 47.9 Å². The summed E-state index contributed by atoms with van der Waals surface area (Å²) in [5, 5.41) is 2.35. The number of fused-ring (bicyclic) bond motifs is 1. The number of carbonyl (C=O) groups excluding carboxylic acids is 5. The Kier molecular flexibility index (Phi) is 10.1. The summed E-state index contributed by atoms with van der Waals surface area (Å²) in [4.78, 5) is 67.0. The minimum Gasteiger partial charge on any atom is -0.423 e. The van der Waals surface area contributed by atoms with Crippen molar-refractivity contribution in [2.75, 3.05) is 6.54 Å². The summed E-state index contributed by atoms with van der Waals surface area (Å²) in [6.07, 6.45) is 0.751. The van der Waals surface area contributed by atoms with E-state index in [2.05, 4.69) is 31.9 Å². The molecule has 1 saturated heterocycles. The highest BCUT2D eigenvalue weighted by Gasteiger charge is 2.54. The molecule has 0 radical (unpaired) electrons. The molecule has 5 rings (SSSR count). The molecule has 3 aromatic rings. The van der Waals surface area contributed by atoms with Crippen molar-refractivity contribution in [2.45, 2.75) is 22.5 Å². The van der Waals surface area contributed by atoms with Gasteiger partial charge in [-0.3, -0.25) is 19.2 Å².